The van der Waals surface area contributed by atoms with Gasteiger partial charge >= 0.3 is 0 Å². The third kappa shape index (κ3) is 6.80. The molecule has 3 heterocycles. The zero-order valence-corrected chi connectivity index (χ0v) is 27.0. The number of amides is 3. The Morgan fingerprint density at radius 2 is 1.80 bits per heavy atom. The van der Waals surface area contributed by atoms with Crippen molar-refractivity contribution in [1.82, 2.24) is 30.2 Å². The normalized spacial score (nSPS) is 22.3. The van der Waals surface area contributed by atoms with Gasteiger partial charge in [-0.05, 0) is 75.6 Å². The van der Waals surface area contributed by atoms with E-state index in [1.807, 2.05) is 41.6 Å². The van der Waals surface area contributed by atoms with Gasteiger partial charge in [0.1, 0.15) is 17.7 Å². The molecule has 1 aromatic heterocycles. The van der Waals surface area contributed by atoms with E-state index in [2.05, 4.69) is 22.5 Å². The molecule has 11 heteroatoms. The number of aromatic nitrogens is 2. The number of benzene rings is 1. The van der Waals surface area contributed by atoms with Gasteiger partial charge in [-0.1, -0.05) is 44.7 Å². The molecule has 3 amide bonds. The second-order valence-electron chi connectivity index (χ2n) is 13.1. The van der Waals surface area contributed by atoms with E-state index >= 15 is 0 Å². The third-order valence-electron chi connectivity index (χ3n) is 10.1. The number of hydrogen-bond acceptors (Lipinski definition) is 7. The maximum Gasteiger partial charge on any atom is 0.251 e. The minimum absolute atomic E-state index is 0.0330. The quantitative estimate of drug-likeness (QED) is 0.302. The fraction of sp³-hybridized carbons (Fsp3) is 0.647. The average molecular weight is 623 g/mol. The van der Waals surface area contributed by atoms with Crippen molar-refractivity contribution in [2.24, 2.45) is 5.92 Å². The number of carbonyl (C=O) groups excluding carboxylic acids is 3. The number of nitrogens with one attached hydrogen (secondary N) is 2. The molecule has 1 unspecified atom stereocenters. The smallest absolute Gasteiger partial charge is 0.251 e. The van der Waals surface area contributed by atoms with Crippen molar-refractivity contribution in [2.45, 2.75) is 102 Å². The number of aryl methyl sites for hydroxylation is 2. The molecule has 246 valence electrons. The van der Waals surface area contributed by atoms with E-state index in [0.717, 1.165) is 61.9 Å². The first-order valence-electron chi connectivity index (χ1n) is 16.8. The van der Waals surface area contributed by atoms with Crippen LogP contribution >= 0.6 is 0 Å². The number of likely N-dealkylation sites (tertiary alicyclic amines) is 1. The van der Waals surface area contributed by atoms with Crippen molar-refractivity contribution in [3.05, 3.63) is 52.8 Å². The molecule has 4 N–H and O–H groups in total. The number of piperazine rings is 1. The summed E-state index contributed by atoms with van der Waals surface area (Å²) in [7, 11) is 0. The maximum absolute atomic E-state index is 14.1. The number of hydrogen-bond donors (Lipinski definition) is 4. The predicted octanol–water partition coefficient (Wildman–Crippen LogP) is 2.67. The molecule has 3 atom stereocenters. The lowest BCUT2D eigenvalue weighted by Crippen LogP contribution is -2.75. The highest BCUT2D eigenvalue weighted by molar-refractivity contribution is 6.00. The molecule has 0 radical (unpaired) electrons. The Morgan fingerprint density at radius 3 is 2.40 bits per heavy atom. The Morgan fingerprint density at radius 1 is 1.11 bits per heavy atom. The molecule has 45 heavy (non-hydrogen) atoms. The van der Waals surface area contributed by atoms with Gasteiger partial charge in [0.15, 0.2) is 0 Å². The van der Waals surface area contributed by atoms with Crippen molar-refractivity contribution < 1.29 is 24.6 Å². The predicted molar refractivity (Wildman–Crippen MR) is 170 cm³/mol. The maximum atomic E-state index is 14.1. The standard InChI is InChI=1S/C34H50N6O5/c1-4-5-18-39-32(44)28(29(42)25-9-7-6-8-10-25)36-33(45)34(39)15-19-38(20-16-34)31(40-24(3)22-23(2)37-40)27-13-11-26(12-14-27)30(43)35-17-21-41/h11-14,22,25,28-29,31,41-42H,4-10,15-21H2,1-3H3,(H,35,43)(H,36,45)/t28-,29-,31?/m1/s1. The van der Waals surface area contributed by atoms with Crippen LogP contribution in [0.25, 0.3) is 0 Å². The lowest BCUT2D eigenvalue weighted by atomic mass is 9.77. The number of unbranched alkanes of at least 4 members (excludes halogenated alkanes) is 1. The molecule has 2 saturated heterocycles. The lowest BCUT2D eigenvalue weighted by Gasteiger charge is -2.53. The van der Waals surface area contributed by atoms with Crippen LogP contribution in [0.1, 0.15) is 98.2 Å². The van der Waals surface area contributed by atoms with Gasteiger partial charge in [0.05, 0.1) is 18.4 Å². The van der Waals surface area contributed by atoms with Crippen LogP contribution in [-0.2, 0) is 9.59 Å². The van der Waals surface area contributed by atoms with Crippen LogP contribution in [0.3, 0.4) is 0 Å². The second kappa shape index (κ2) is 14.4. The third-order valence-corrected chi connectivity index (χ3v) is 10.1. The Labute approximate surface area is 266 Å². The zero-order valence-electron chi connectivity index (χ0n) is 27.0. The molecule has 2 aliphatic heterocycles. The van der Waals surface area contributed by atoms with Crippen LogP contribution in [0.2, 0.25) is 0 Å². The van der Waals surface area contributed by atoms with Crippen molar-refractivity contribution in [3.8, 4) is 0 Å². The summed E-state index contributed by atoms with van der Waals surface area (Å²) in [5, 5.41) is 30.9. The molecular weight excluding hydrogens is 572 g/mol. The van der Waals surface area contributed by atoms with Crippen LogP contribution in [0.4, 0.5) is 0 Å². The molecule has 3 fully saturated rings. The van der Waals surface area contributed by atoms with Crippen molar-refractivity contribution in [3.63, 3.8) is 0 Å². The number of piperidine rings is 1. The van der Waals surface area contributed by atoms with E-state index in [4.69, 9.17) is 10.2 Å². The summed E-state index contributed by atoms with van der Waals surface area (Å²) in [5.41, 5.74) is 2.40. The van der Waals surface area contributed by atoms with Crippen molar-refractivity contribution in [1.29, 1.82) is 0 Å². The van der Waals surface area contributed by atoms with E-state index in [1.165, 1.54) is 0 Å². The highest BCUT2D eigenvalue weighted by Crippen LogP contribution is 2.38. The molecule has 5 rings (SSSR count). The van der Waals surface area contributed by atoms with Crippen molar-refractivity contribution in [2.75, 3.05) is 32.8 Å². The minimum Gasteiger partial charge on any atom is -0.395 e. The fourth-order valence-corrected chi connectivity index (χ4v) is 7.57. The summed E-state index contributed by atoms with van der Waals surface area (Å²) >= 11 is 0. The summed E-state index contributed by atoms with van der Waals surface area (Å²) in [6.07, 6.45) is 6.52. The van der Waals surface area contributed by atoms with E-state index in [0.29, 0.717) is 38.0 Å². The first kappa shape index (κ1) is 33.1. The van der Waals surface area contributed by atoms with E-state index in [1.54, 1.807) is 12.1 Å². The molecule has 1 spiro atoms. The van der Waals surface area contributed by atoms with Gasteiger partial charge < -0.3 is 25.7 Å². The Balaban J connectivity index is 1.39. The van der Waals surface area contributed by atoms with Crippen LogP contribution in [0.15, 0.2) is 30.3 Å². The molecule has 1 saturated carbocycles. The monoisotopic (exact) mass is 622 g/mol. The topological polar surface area (TPSA) is 140 Å². The Bertz CT molecular complexity index is 1330. The van der Waals surface area contributed by atoms with E-state index < -0.39 is 17.7 Å². The number of rotatable bonds is 11. The van der Waals surface area contributed by atoms with Gasteiger partial charge in [-0.15, -0.1) is 0 Å². The van der Waals surface area contributed by atoms with Crippen LogP contribution < -0.4 is 10.6 Å². The van der Waals surface area contributed by atoms with Gasteiger partial charge in [0.2, 0.25) is 11.8 Å². The average Bonchev–Trinajstić information content (AvgIpc) is 3.39. The summed E-state index contributed by atoms with van der Waals surface area (Å²) in [5.74, 6) is -0.519. The largest absolute Gasteiger partial charge is 0.395 e. The molecule has 11 nitrogen and oxygen atoms in total. The van der Waals surface area contributed by atoms with Gasteiger partial charge in [-0.2, -0.15) is 5.10 Å². The minimum atomic E-state index is -0.959. The summed E-state index contributed by atoms with van der Waals surface area (Å²) in [6, 6.07) is 8.57. The first-order chi connectivity index (χ1) is 21.7. The summed E-state index contributed by atoms with van der Waals surface area (Å²) in [4.78, 5) is 44.7. The Hall–Kier alpha value is -3.28. The highest BCUT2D eigenvalue weighted by atomic mass is 16.3. The summed E-state index contributed by atoms with van der Waals surface area (Å²) in [6.45, 7) is 7.74. The van der Waals surface area contributed by atoms with Gasteiger partial charge in [0, 0.05) is 37.4 Å². The van der Waals surface area contributed by atoms with Gasteiger partial charge in [-0.25, -0.2) is 4.68 Å². The molecule has 1 aliphatic carbocycles. The number of aliphatic hydroxyl groups excluding tert-OH is 2. The van der Waals surface area contributed by atoms with E-state index in [9.17, 15) is 19.5 Å². The first-order valence-corrected chi connectivity index (χ1v) is 16.8. The van der Waals surface area contributed by atoms with Crippen LogP contribution in [-0.4, -0.2) is 98.0 Å². The SMILES string of the molecule is CCCCN1C(=O)[C@@H]([C@H](O)C2CCCCC2)NC(=O)C12CCN(C(c1ccc(C(=O)NCCO)cc1)n1nc(C)cc1C)CC2. The molecule has 0 bridgehead atoms. The van der Waals surface area contributed by atoms with Gasteiger partial charge in [0.25, 0.3) is 5.91 Å². The molecule has 1 aromatic carbocycles. The summed E-state index contributed by atoms with van der Waals surface area (Å²) < 4.78 is 1.99. The number of nitrogens with zero attached hydrogens (tertiary/aromatic N) is 4. The lowest BCUT2D eigenvalue weighted by molar-refractivity contribution is -0.166. The Kier molecular flexibility index (Phi) is 10.6. The van der Waals surface area contributed by atoms with Crippen LogP contribution in [0, 0.1) is 19.8 Å². The van der Waals surface area contributed by atoms with E-state index in [-0.39, 0.29) is 43.0 Å². The highest BCUT2D eigenvalue weighted by Gasteiger charge is 2.55. The van der Waals surface area contributed by atoms with Gasteiger partial charge in [-0.3, -0.25) is 19.3 Å². The molecule has 2 aromatic rings. The number of aliphatic hydroxyl groups is 2. The second-order valence-corrected chi connectivity index (χ2v) is 13.1. The molecule has 3 aliphatic rings. The molecular formula is C34H50N6O5. The van der Waals surface area contributed by atoms with Crippen LogP contribution in [0.5, 0.6) is 0 Å². The van der Waals surface area contributed by atoms with Crippen molar-refractivity contribution >= 4 is 17.7 Å². The zero-order chi connectivity index (χ0) is 32.1. The fourth-order valence-electron chi connectivity index (χ4n) is 7.57. The number of carbonyl (C=O) groups is 3.